The number of amides is 1. The van der Waals surface area contributed by atoms with Crippen LogP contribution in [-0.2, 0) is 25.5 Å². The van der Waals surface area contributed by atoms with Gasteiger partial charge in [-0.05, 0) is 43.9 Å². The Hall–Kier alpha value is -2.78. The van der Waals surface area contributed by atoms with Gasteiger partial charge < -0.3 is 19.1 Å². The Bertz CT molecular complexity index is 750. The van der Waals surface area contributed by atoms with Gasteiger partial charge in [-0.1, -0.05) is 12.1 Å². The van der Waals surface area contributed by atoms with Gasteiger partial charge in [-0.2, -0.15) is 0 Å². The normalized spacial score (nSPS) is 19.2. The minimum absolute atomic E-state index is 0.184. The molecule has 10 heteroatoms. The molecule has 1 heterocycles. The summed E-state index contributed by atoms with van der Waals surface area (Å²) in [6, 6.07) is 4.92. The van der Waals surface area contributed by atoms with Gasteiger partial charge in [0.15, 0.2) is 0 Å². The summed E-state index contributed by atoms with van der Waals surface area (Å²) in [6.45, 7) is 2.10. The molecule has 0 saturated carbocycles. The van der Waals surface area contributed by atoms with E-state index >= 15 is 0 Å². The summed E-state index contributed by atoms with van der Waals surface area (Å²) in [5, 5.41) is 0. The van der Waals surface area contributed by atoms with Crippen molar-refractivity contribution in [1.82, 2.24) is 4.90 Å². The van der Waals surface area contributed by atoms with Gasteiger partial charge in [0.25, 0.3) is 0 Å². The third-order valence-electron chi connectivity index (χ3n) is 4.83. The fourth-order valence-corrected chi connectivity index (χ4v) is 3.49. The Kier molecular flexibility index (Phi) is 8.08. The number of carbonyl (C=O) groups excluding carboxylic acids is 3. The zero-order chi connectivity index (χ0) is 22.3. The zero-order valence-corrected chi connectivity index (χ0v) is 16.7. The molecule has 0 unspecified atom stereocenters. The van der Waals surface area contributed by atoms with Gasteiger partial charge in [0.1, 0.15) is 18.0 Å². The average molecular weight is 431 g/mol. The number of ether oxygens (including phenoxy) is 3. The van der Waals surface area contributed by atoms with E-state index in [-0.39, 0.29) is 31.1 Å². The number of piperidine rings is 1. The second kappa shape index (κ2) is 10.3. The van der Waals surface area contributed by atoms with Crippen molar-refractivity contribution in [3.8, 4) is 5.75 Å². The summed E-state index contributed by atoms with van der Waals surface area (Å²) in [4.78, 5) is 37.7. The molecule has 0 aliphatic carbocycles. The highest BCUT2D eigenvalue weighted by molar-refractivity contribution is 5.96. The van der Waals surface area contributed by atoms with Gasteiger partial charge in [0, 0.05) is 18.5 Å². The number of methoxy groups -OCH3 is 1. The van der Waals surface area contributed by atoms with Gasteiger partial charge in [-0.3, -0.25) is 9.59 Å². The molecule has 0 N–H and O–H groups in total. The van der Waals surface area contributed by atoms with Gasteiger partial charge in [-0.15, -0.1) is 13.2 Å². The predicted molar refractivity (Wildman–Crippen MR) is 98.7 cm³/mol. The molecule has 0 radical (unpaired) electrons. The molecule has 0 spiro atoms. The Morgan fingerprint density at radius 2 is 1.83 bits per heavy atom. The fraction of sp³-hybridized carbons (Fsp3) is 0.550. The number of ketones is 1. The first-order valence-electron chi connectivity index (χ1n) is 9.50. The number of carbonyl (C=O) groups is 3. The van der Waals surface area contributed by atoms with E-state index in [4.69, 9.17) is 9.47 Å². The van der Waals surface area contributed by atoms with Gasteiger partial charge in [-0.25, -0.2) is 4.79 Å². The lowest BCUT2D eigenvalue weighted by Crippen LogP contribution is -2.48. The monoisotopic (exact) mass is 431 g/mol. The maximum Gasteiger partial charge on any atom is 0.573 e. The maximum atomic E-state index is 12.4. The lowest BCUT2D eigenvalue weighted by atomic mass is 9.84. The molecule has 1 aliphatic rings. The van der Waals surface area contributed by atoms with Crippen molar-refractivity contribution in [3.05, 3.63) is 29.8 Å². The molecule has 0 bridgehead atoms. The molecular weight excluding hydrogens is 407 g/mol. The van der Waals surface area contributed by atoms with Crippen LogP contribution in [0.15, 0.2) is 24.3 Å². The second-order valence-electron chi connectivity index (χ2n) is 6.88. The molecular formula is C20H24F3NO6. The number of hydrogen-bond donors (Lipinski definition) is 0. The summed E-state index contributed by atoms with van der Waals surface area (Å²) in [5.41, 5.74) is 0.668. The molecule has 166 valence electrons. The van der Waals surface area contributed by atoms with Crippen molar-refractivity contribution in [2.45, 2.75) is 45.0 Å². The van der Waals surface area contributed by atoms with E-state index in [0.29, 0.717) is 24.8 Å². The van der Waals surface area contributed by atoms with Crippen LogP contribution in [0.4, 0.5) is 18.0 Å². The Balaban J connectivity index is 2.09. The molecule has 1 fully saturated rings. The van der Waals surface area contributed by atoms with Crippen LogP contribution in [0.1, 0.15) is 31.7 Å². The highest BCUT2D eigenvalue weighted by Crippen LogP contribution is 2.29. The zero-order valence-electron chi connectivity index (χ0n) is 16.7. The van der Waals surface area contributed by atoms with Crippen molar-refractivity contribution in [2.75, 3.05) is 20.3 Å². The average Bonchev–Trinajstić information content (AvgIpc) is 2.68. The number of likely N-dealkylation sites (tertiary alicyclic amines) is 1. The maximum absolute atomic E-state index is 12.4. The number of rotatable bonds is 7. The SMILES string of the molecule is CCOC(=O)CC(=O)[C@@H]1CCN(C(=O)OC)[C@H](Cc2ccc(OC(F)(F)F)cc2)C1. The lowest BCUT2D eigenvalue weighted by Gasteiger charge is -2.38. The van der Waals surface area contributed by atoms with Gasteiger partial charge >= 0.3 is 18.4 Å². The first kappa shape index (κ1) is 23.5. The molecule has 1 saturated heterocycles. The summed E-state index contributed by atoms with van der Waals surface area (Å²) in [6.07, 6.45) is -4.64. The van der Waals surface area contributed by atoms with Crippen molar-refractivity contribution >= 4 is 17.8 Å². The molecule has 7 nitrogen and oxygen atoms in total. The summed E-state index contributed by atoms with van der Waals surface area (Å²) >= 11 is 0. The van der Waals surface area contributed by atoms with Crippen LogP contribution in [-0.4, -0.2) is 55.4 Å². The van der Waals surface area contributed by atoms with Crippen LogP contribution < -0.4 is 4.74 Å². The summed E-state index contributed by atoms with van der Waals surface area (Å²) < 4.78 is 50.4. The van der Waals surface area contributed by atoms with Crippen LogP contribution in [0.25, 0.3) is 0 Å². The van der Waals surface area contributed by atoms with Crippen molar-refractivity contribution in [3.63, 3.8) is 0 Å². The number of alkyl halides is 3. The first-order chi connectivity index (χ1) is 14.1. The second-order valence-corrected chi connectivity index (χ2v) is 6.88. The number of hydrogen-bond acceptors (Lipinski definition) is 6. The topological polar surface area (TPSA) is 82.1 Å². The highest BCUT2D eigenvalue weighted by atomic mass is 19.4. The van der Waals surface area contributed by atoms with E-state index in [1.165, 1.54) is 36.3 Å². The molecule has 2 atom stereocenters. The Morgan fingerprint density at radius 3 is 2.40 bits per heavy atom. The van der Waals surface area contributed by atoms with Crippen LogP contribution >= 0.6 is 0 Å². The van der Waals surface area contributed by atoms with E-state index in [2.05, 4.69) is 4.74 Å². The number of esters is 1. The third kappa shape index (κ3) is 6.93. The van der Waals surface area contributed by atoms with E-state index in [1.807, 2.05) is 0 Å². The van der Waals surface area contributed by atoms with Crippen LogP contribution in [0.3, 0.4) is 0 Å². The predicted octanol–water partition coefficient (Wildman–Crippen LogP) is 3.50. The molecule has 1 aliphatic heterocycles. The lowest BCUT2D eigenvalue weighted by molar-refractivity contribution is -0.274. The molecule has 1 amide bonds. The van der Waals surface area contributed by atoms with E-state index in [9.17, 15) is 27.6 Å². The summed E-state index contributed by atoms with van der Waals surface area (Å²) in [5.74, 6) is -1.61. The largest absolute Gasteiger partial charge is 0.573 e. The van der Waals surface area contributed by atoms with Crippen LogP contribution in [0, 0.1) is 5.92 Å². The Labute approximate surface area is 172 Å². The molecule has 1 aromatic rings. The fourth-order valence-electron chi connectivity index (χ4n) is 3.49. The standard InChI is InChI=1S/C20H24F3NO6/c1-3-29-18(26)12-17(25)14-8-9-24(19(27)28-2)15(11-14)10-13-4-6-16(7-5-13)30-20(21,22)23/h4-7,14-15H,3,8-12H2,1-2H3/t14-,15-/m1/s1. The molecule has 0 aromatic heterocycles. The minimum atomic E-state index is -4.78. The van der Waals surface area contributed by atoms with Crippen molar-refractivity contribution in [2.24, 2.45) is 5.92 Å². The van der Waals surface area contributed by atoms with Crippen LogP contribution in [0.2, 0.25) is 0 Å². The quantitative estimate of drug-likeness (QED) is 0.486. The molecule has 2 rings (SSSR count). The molecule has 1 aromatic carbocycles. The van der Waals surface area contributed by atoms with Crippen molar-refractivity contribution in [1.29, 1.82) is 0 Å². The van der Waals surface area contributed by atoms with E-state index in [1.54, 1.807) is 6.92 Å². The molecule has 30 heavy (non-hydrogen) atoms. The third-order valence-corrected chi connectivity index (χ3v) is 4.83. The van der Waals surface area contributed by atoms with Gasteiger partial charge in [0.05, 0.1) is 13.7 Å². The van der Waals surface area contributed by atoms with E-state index in [0.717, 1.165) is 0 Å². The van der Waals surface area contributed by atoms with Crippen molar-refractivity contribution < 1.29 is 41.8 Å². The Morgan fingerprint density at radius 1 is 1.17 bits per heavy atom. The summed E-state index contributed by atoms with van der Waals surface area (Å²) in [7, 11) is 1.25. The number of nitrogens with zero attached hydrogens (tertiary/aromatic N) is 1. The van der Waals surface area contributed by atoms with Crippen LogP contribution in [0.5, 0.6) is 5.75 Å². The number of Topliss-reactive ketones (excluding diaryl/α,β-unsaturated/α-hetero) is 1. The smallest absolute Gasteiger partial charge is 0.466 e. The van der Waals surface area contributed by atoms with Gasteiger partial charge in [0.2, 0.25) is 0 Å². The number of benzene rings is 1. The minimum Gasteiger partial charge on any atom is -0.466 e. The highest BCUT2D eigenvalue weighted by Gasteiger charge is 2.36. The number of halogens is 3. The van der Waals surface area contributed by atoms with E-state index < -0.39 is 30.4 Å². The first-order valence-corrected chi connectivity index (χ1v) is 9.50.